The molecule has 3 rings (SSSR count). The lowest BCUT2D eigenvalue weighted by atomic mass is 9.99. The van der Waals surface area contributed by atoms with Gasteiger partial charge in [0.05, 0.1) is 9.21 Å². The molecule has 0 radical (unpaired) electrons. The van der Waals surface area contributed by atoms with E-state index in [1.807, 2.05) is 30.0 Å². The summed E-state index contributed by atoms with van der Waals surface area (Å²) in [6.45, 7) is 2.10. The summed E-state index contributed by atoms with van der Waals surface area (Å²) >= 11 is 9.05. The van der Waals surface area contributed by atoms with Gasteiger partial charge in [0.25, 0.3) is 5.91 Å². The zero-order valence-corrected chi connectivity index (χ0v) is 15.0. The lowest BCUT2D eigenvalue weighted by Gasteiger charge is -2.36. The summed E-state index contributed by atoms with van der Waals surface area (Å²) in [6.07, 6.45) is 1.86. The van der Waals surface area contributed by atoms with Crippen molar-refractivity contribution in [1.82, 2.24) is 5.32 Å². The molecule has 0 unspecified atom stereocenters. The molecule has 1 aromatic heterocycles. The van der Waals surface area contributed by atoms with Crippen LogP contribution in [-0.4, -0.2) is 30.4 Å². The number of nitrogens with one attached hydrogen (secondary N) is 1. The van der Waals surface area contributed by atoms with Gasteiger partial charge in [-0.05, 0) is 37.1 Å². The minimum Gasteiger partial charge on any atom is -0.381 e. The minimum absolute atomic E-state index is 0.0175. The van der Waals surface area contributed by atoms with Crippen LogP contribution in [0.3, 0.4) is 0 Å². The van der Waals surface area contributed by atoms with Gasteiger partial charge in [0.2, 0.25) is 0 Å². The molecule has 2 aromatic rings. The molecule has 1 aromatic carbocycles. The molecule has 0 saturated carbocycles. The number of benzene rings is 1. The van der Waals surface area contributed by atoms with E-state index in [-0.39, 0.29) is 10.7 Å². The zero-order chi connectivity index (χ0) is 16.1. The van der Waals surface area contributed by atoms with Crippen LogP contribution in [0.5, 0.6) is 0 Å². The summed E-state index contributed by atoms with van der Waals surface area (Å²) < 4.78 is 6.13. The minimum atomic E-state index is -0.0542. The topological polar surface area (TPSA) is 38.3 Å². The number of ether oxygens (including phenoxy) is 1. The Balaban J connectivity index is 1.68. The number of thiophene rings is 1. The first-order valence-electron chi connectivity index (χ1n) is 7.52. The second kappa shape index (κ2) is 7.71. The van der Waals surface area contributed by atoms with Crippen LogP contribution in [0, 0.1) is 0 Å². The van der Waals surface area contributed by atoms with Crippen molar-refractivity contribution in [1.29, 1.82) is 0 Å². The molecule has 1 amide bonds. The summed E-state index contributed by atoms with van der Waals surface area (Å²) in [5, 5.41) is 3.08. The molecule has 23 heavy (non-hydrogen) atoms. The Labute approximate surface area is 149 Å². The van der Waals surface area contributed by atoms with Gasteiger partial charge in [0.1, 0.15) is 0 Å². The van der Waals surface area contributed by atoms with E-state index in [9.17, 15) is 4.79 Å². The van der Waals surface area contributed by atoms with Crippen molar-refractivity contribution in [3.05, 3.63) is 51.7 Å². The van der Waals surface area contributed by atoms with E-state index < -0.39 is 0 Å². The number of thioether (sulfide) groups is 1. The maximum atomic E-state index is 12.3. The number of halogens is 1. The largest absolute Gasteiger partial charge is 0.381 e. The van der Waals surface area contributed by atoms with Crippen LogP contribution in [0.2, 0.25) is 4.34 Å². The van der Waals surface area contributed by atoms with Crippen molar-refractivity contribution < 1.29 is 9.53 Å². The van der Waals surface area contributed by atoms with Crippen LogP contribution >= 0.6 is 34.7 Å². The van der Waals surface area contributed by atoms with Crippen LogP contribution in [0.4, 0.5) is 0 Å². The predicted octanol–water partition coefficient (Wildman–Crippen LogP) is 4.47. The van der Waals surface area contributed by atoms with Gasteiger partial charge < -0.3 is 10.1 Å². The standard InChI is InChI=1S/C17H18ClNO2S2/c18-15-7-6-14(22-15)16(20)19-12-17(8-10-21-11-9-17)23-13-4-2-1-3-5-13/h1-7H,8-12H2,(H,19,20). The molecule has 1 saturated heterocycles. The Kier molecular flexibility index (Phi) is 5.64. The van der Waals surface area contributed by atoms with Crippen molar-refractivity contribution in [3.8, 4) is 0 Å². The van der Waals surface area contributed by atoms with Gasteiger partial charge in [0, 0.05) is 29.4 Å². The van der Waals surface area contributed by atoms with E-state index in [4.69, 9.17) is 16.3 Å². The van der Waals surface area contributed by atoms with Gasteiger partial charge in [-0.15, -0.1) is 23.1 Å². The molecule has 0 spiro atoms. The fraction of sp³-hybridized carbons (Fsp3) is 0.353. The van der Waals surface area contributed by atoms with Gasteiger partial charge in [0.15, 0.2) is 0 Å². The van der Waals surface area contributed by atoms with E-state index in [0.717, 1.165) is 26.1 Å². The lowest BCUT2D eigenvalue weighted by Crippen LogP contribution is -2.44. The van der Waals surface area contributed by atoms with E-state index in [0.29, 0.717) is 15.8 Å². The molecule has 0 aliphatic carbocycles. The second-order valence-corrected chi connectivity index (χ2v) is 8.75. The number of rotatable bonds is 5. The van der Waals surface area contributed by atoms with Crippen LogP contribution in [0.15, 0.2) is 47.4 Å². The van der Waals surface area contributed by atoms with Crippen molar-refractivity contribution in [2.24, 2.45) is 0 Å². The second-order valence-electron chi connectivity index (χ2n) is 5.50. The molecule has 1 fully saturated rings. The molecule has 2 heterocycles. The molecule has 3 nitrogen and oxygen atoms in total. The maximum absolute atomic E-state index is 12.3. The Morgan fingerprint density at radius 2 is 1.96 bits per heavy atom. The van der Waals surface area contributed by atoms with E-state index in [2.05, 4.69) is 17.4 Å². The molecule has 1 N–H and O–H groups in total. The van der Waals surface area contributed by atoms with E-state index >= 15 is 0 Å². The van der Waals surface area contributed by atoms with Crippen molar-refractivity contribution in [2.45, 2.75) is 22.5 Å². The van der Waals surface area contributed by atoms with E-state index in [1.165, 1.54) is 16.2 Å². The number of carbonyl (C=O) groups is 1. The predicted molar refractivity (Wildman–Crippen MR) is 96.7 cm³/mol. The van der Waals surface area contributed by atoms with Crippen LogP contribution in [0.25, 0.3) is 0 Å². The third-order valence-electron chi connectivity index (χ3n) is 3.85. The summed E-state index contributed by atoms with van der Waals surface area (Å²) in [5.41, 5.74) is 0. The lowest BCUT2D eigenvalue weighted by molar-refractivity contribution is 0.0742. The molecule has 1 aliphatic heterocycles. The Morgan fingerprint density at radius 1 is 1.22 bits per heavy atom. The normalized spacial score (nSPS) is 16.9. The van der Waals surface area contributed by atoms with Gasteiger partial charge in [-0.1, -0.05) is 29.8 Å². The fourth-order valence-corrected chi connectivity index (χ4v) is 4.83. The molecule has 0 bridgehead atoms. The summed E-state index contributed by atoms with van der Waals surface area (Å²) in [7, 11) is 0. The third kappa shape index (κ3) is 4.51. The Morgan fingerprint density at radius 3 is 2.61 bits per heavy atom. The molecular weight excluding hydrogens is 350 g/mol. The number of carbonyl (C=O) groups excluding carboxylic acids is 1. The quantitative estimate of drug-likeness (QED) is 0.847. The van der Waals surface area contributed by atoms with Crippen LogP contribution in [-0.2, 0) is 4.74 Å². The first kappa shape index (κ1) is 16.8. The van der Waals surface area contributed by atoms with Gasteiger partial charge in [-0.2, -0.15) is 0 Å². The average molecular weight is 368 g/mol. The van der Waals surface area contributed by atoms with E-state index in [1.54, 1.807) is 12.1 Å². The Hall–Kier alpha value is -1.01. The first-order valence-corrected chi connectivity index (χ1v) is 9.53. The van der Waals surface area contributed by atoms with Crippen molar-refractivity contribution in [2.75, 3.05) is 19.8 Å². The monoisotopic (exact) mass is 367 g/mol. The molecule has 1 aliphatic rings. The first-order chi connectivity index (χ1) is 11.2. The molecule has 122 valence electrons. The SMILES string of the molecule is O=C(NCC1(Sc2ccccc2)CCOCC1)c1ccc(Cl)s1. The highest BCUT2D eigenvalue weighted by molar-refractivity contribution is 8.00. The van der Waals surface area contributed by atoms with Gasteiger partial charge in [-0.25, -0.2) is 0 Å². The fourth-order valence-electron chi connectivity index (χ4n) is 2.56. The Bertz CT molecular complexity index is 654. The van der Waals surface area contributed by atoms with Gasteiger partial charge in [-0.3, -0.25) is 4.79 Å². The van der Waals surface area contributed by atoms with Crippen LogP contribution in [0.1, 0.15) is 22.5 Å². The highest BCUT2D eigenvalue weighted by Gasteiger charge is 2.34. The van der Waals surface area contributed by atoms with Crippen LogP contribution < -0.4 is 5.32 Å². The highest BCUT2D eigenvalue weighted by atomic mass is 35.5. The number of amides is 1. The van der Waals surface area contributed by atoms with Gasteiger partial charge >= 0.3 is 0 Å². The smallest absolute Gasteiger partial charge is 0.261 e. The average Bonchev–Trinajstić information content (AvgIpc) is 3.01. The maximum Gasteiger partial charge on any atom is 0.261 e. The molecule has 6 heteroatoms. The highest BCUT2D eigenvalue weighted by Crippen LogP contribution is 2.40. The number of hydrogen-bond donors (Lipinski definition) is 1. The summed E-state index contributed by atoms with van der Waals surface area (Å²) in [6, 6.07) is 13.9. The summed E-state index contributed by atoms with van der Waals surface area (Å²) in [4.78, 5) is 14.2. The van der Waals surface area contributed by atoms with Crippen molar-refractivity contribution >= 4 is 40.6 Å². The zero-order valence-electron chi connectivity index (χ0n) is 12.6. The number of hydrogen-bond acceptors (Lipinski definition) is 4. The molecular formula is C17H18ClNO2S2. The summed E-state index contributed by atoms with van der Waals surface area (Å²) in [5.74, 6) is -0.0542. The third-order valence-corrected chi connectivity index (χ3v) is 6.57. The van der Waals surface area contributed by atoms with Crippen molar-refractivity contribution in [3.63, 3.8) is 0 Å². The molecule has 0 atom stereocenters.